The summed E-state index contributed by atoms with van der Waals surface area (Å²) >= 11 is 0. The van der Waals surface area contributed by atoms with E-state index in [9.17, 15) is 10.4 Å². The summed E-state index contributed by atoms with van der Waals surface area (Å²) in [6.07, 6.45) is 0. The molecule has 0 amide bonds. The van der Waals surface area contributed by atoms with Crippen LogP contribution in [0.25, 0.3) is 0 Å². The number of hydrogen-bond donors (Lipinski definition) is 2. The van der Waals surface area contributed by atoms with Gasteiger partial charge in [0.25, 0.3) is 0 Å². The van der Waals surface area contributed by atoms with Crippen LogP contribution in [0.2, 0.25) is 0 Å². The molecule has 0 heterocycles. The molecular formula is C3H10N2O3. The molecule has 8 heavy (non-hydrogen) atoms. The van der Waals surface area contributed by atoms with Gasteiger partial charge in [0.05, 0.1) is 14.1 Å². The Morgan fingerprint density at radius 2 is 1.88 bits per heavy atom. The first kappa shape index (κ1) is 7.80. The Bertz CT molecular complexity index is 48.5. The van der Waals surface area contributed by atoms with E-state index in [2.05, 4.69) is 4.84 Å². The highest BCUT2D eigenvalue weighted by molar-refractivity contribution is 3.95. The average Bonchev–Trinajstić information content (AvgIpc) is 1.61. The first-order valence-corrected chi connectivity index (χ1v) is 2.25. The van der Waals surface area contributed by atoms with Crippen LogP contribution in [0.3, 0.4) is 0 Å². The standard InChI is InChI=1S/C3H10N2O3/c1-4(6)3-8-5(2)7/h4-5H,3H2,1-2H3. The highest BCUT2D eigenvalue weighted by Crippen LogP contribution is 1.38. The second-order valence-corrected chi connectivity index (χ2v) is 1.48. The predicted molar refractivity (Wildman–Crippen MR) is 26.5 cm³/mol. The third kappa shape index (κ3) is 5.80. The molecule has 2 unspecified atom stereocenters. The number of quaternary nitrogens is 2. The quantitative estimate of drug-likeness (QED) is 0.308. The first-order valence-electron chi connectivity index (χ1n) is 2.25. The maximum atomic E-state index is 10.1. The Labute approximate surface area is 47.6 Å². The van der Waals surface area contributed by atoms with Crippen molar-refractivity contribution in [3.63, 3.8) is 0 Å². The topological polar surface area (TPSA) is 64.2 Å². The van der Waals surface area contributed by atoms with E-state index in [0.29, 0.717) is 0 Å². The van der Waals surface area contributed by atoms with Crippen molar-refractivity contribution in [2.24, 2.45) is 0 Å². The molecule has 0 aliphatic heterocycles. The maximum absolute atomic E-state index is 10.1. The number of hydroxylamine groups is 4. The van der Waals surface area contributed by atoms with Crippen LogP contribution in [0, 0.1) is 10.4 Å². The van der Waals surface area contributed by atoms with Gasteiger partial charge in [-0.05, 0) is 0 Å². The van der Waals surface area contributed by atoms with Crippen molar-refractivity contribution in [2.75, 3.05) is 20.8 Å². The lowest BCUT2D eigenvalue weighted by atomic mass is 11.1. The maximum Gasteiger partial charge on any atom is 0.233 e. The van der Waals surface area contributed by atoms with Crippen molar-refractivity contribution in [3.8, 4) is 0 Å². The summed E-state index contributed by atoms with van der Waals surface area (Å²) in [5, 5.41) is 19.5. The lowest BCUT2D eigenvalue weighted by molar-refractivity contribution is -1.08. The van der Waals surface area contributed by atoms with E-state index < -0.39 is 5.23 Å². The van der Waals surface area contributed by atoms with Crippen LogP contribution >= 0.6 is 0 Å². The zero-order valence-electron chi connectivity index (χ0n) is 4.93. The monoisotopic (exact) mass is 122 g/mol. The van der Waals surface area contributed by atoms with Gasteiger partial charge in [0, 0.05) is 0 Å². The molecule has 0 bridgehead atoms. The highest BCUT2D eigenvalue weighted by Gasteiger charge is 1.89. The van der Waals surface area contributed by atoms with E-state index in [1.54, 1.807) is 0 Å². The molecule has 0 rings (SSSR count). The second kappa shape index (κ2) is 3.76. The fraction of sp³-hybridized carbons (Fsp3) is 1.00. The summed E-state index contributed by atoms with van der Waals surface area (Å²) in [4.78, 5) is 4.31. The minimum Gasteiger partial charge on any atom is -0.633 e. The summed E-state index contributed by atoms with van der Waals surface area (Å²) in [7, 11) is 2.63. The summed E-state index contributed by atoms with van der Waals surface area (Å²) in [6.45, 7) is -0.102. The minimum absolute atomic E-state index is 0.102. The van der Waals surface area contributed by atoms with Crippen molar-refractivity contribution >= 4 is 0 Å². The summed E-state index contributed by atoms with van der Waals surface area (Å²) < 4.78 is 0. The lowest BCUT2D eigenvalue weighted by Crippen LogP contribution is -3.12. The average molecular weight is 122 g/mol. The Balaban J connectivity index is 2.93. The molecular weight excluding hydrogens is 112 g/mol. The van der Waals surface area contributed by atoms with Gasteiger partial charge < -0.3 is 15.5 Å². The lowest BCUT2D eigenvalue weighted by Gasteiger charge is -2.18. The van der Waals surface area contributed by atoms with Crippen LogP contribution < -0.4 is 10.3 Å². The van der Waals surface area contributed by atoms with Gasteiger partial charge in [-0.2, -0.15) is 0 Å². The third-order valence-electron chi connectivity index (χ3n) is 0.479. The fourth-order valence-electron chi connectivity index (χ4n) is 0.203. The molecule has 50 valence electrons. The molecule has 0 fully saturated rings. The van der Waals surface area contributed by atoms with Gasteiger partial charge in [-0.3, -0.25) is 0 Å². The smallest absolute Gasteiger partial charge is 0.233 e. The molecule has 2 N–H and O–H groups in total. The van der Waals surface area contributed by atoms with Crippen molar-refractivity contribution in [1.82, 2.24) is 0 Å². The second-order valence-electron chi connectivity index (χ2n) is 1.48. The Hall–Kier alpha value is -0.200. The minimum atomic E-state index is -0.416. The van der Waals surface area contributed by atoms with Gasteiger partial charge in [0.15, 0.2) is 0 Å². The summed E-state index contributed by atoms with van der Waals surface area (Å²) in [5.74, 6) is 0. The van der Waals surface area contributed by atoms with Crippen molar-refractivity contribution in [1.29, 1.82) is 0 Å². The molecule has 2 atom stereocenters. The molecule has 0 aliphatic carbocycles. The van der Waals surface area contributed by atoms with E-state index in [0.717, 1.165) is 0 Å². The molecule has 0 aromatic rings. The van der Waals surface area contributed by atoms with Crippen LogP contribution in [0.1, 0.15) is 0 Å². The Kier molecular flexibility index (Phi) is 3.67. The molecule has 0 saturated carbocycles. The van der Waals surface area contributed by atoms with Gasteiger partial charge >= 0.3 is 0 Å². The van der Waals surface area contributed by atoms with Gasteiger partial charge in [-0.1, -0.05) is 0 Å². The third-order valence-corrected chi connectivity index (χ3v) is 0.479. The van der Waals surface area contributed by atoms with Gasteiger partial charge in [-0.15, -0.1) is 4.84 Å². The van der Waals surface area contributed by atoms with E-state index in [4.69, 9.17) is 0 Å². The van der Waals surface area contributed by atoms with E-state index >= 15 is 0 Å². The molecule has 0 saturated heterocycles. The van der Waals surface area contributed by atoms with Crippen molar-refractivity contribution < 1.29 is 15.1 Å². The summed E-state index contributed by atoms with van der Waals surface area (Å²) in [6, 6.07) is 0. The van der Waals surface area contributed by atoms with Crippen molar-refractivity contribution in [2.45, 2.75) is 0 Å². The van der Waals surface area contributed by atoms with Crippen molar-refractivity contribution in [3.05, 3.63) is 10.4 Å². The zero-order valence-corrected chi connectivity index (χ0v) is 4.93. The van der Waals surface area contributed by atoms with E-state index in [-0.39, 0.29) is 11.8 Å². The van der Waals surface area contributed by atoms with E-state index in [1.165, 1.54) is 14.1 Å². The predicted octanol–water partition coefficient (Wildman–Crippen LogP) is -3.10. The van der Waals surface area contributed by atoms with Crippen LogP contribution in [0.15, 0.2) is 0 Å². The largest absolute Gasteiger partial charge is 0.633 e. The van der Waals surface area contributed by atoms with Gasteiger partial charge in [-0.25, -0.2) is 5.23 Å². The van der Waals surface area contributed by atoms with Crippen LogP contribution in [0.5, 0.6) is 0 Å². The number of nitrogens with one attached hydrogen (secondary N) is 2. The highest BCUT2D eigenvalue weighted by atomic mass is 16.9. The van der Waals surface area contributed by atoms with Crippen LogP contribution in [-0.2, 0) is 4.84 Å². The van der Waals surface area contributed by atoms with Gasteiger partial charge in [0.2, 0.25) is 6.73 Å². The molecule has 0 aromatic heterocycles. The molecule has 5 heteroatoms. The van der Waals surface area contributed by atoms with Crippen LogP contribution in [0.4, 0.5) is 0 Å². The molecule has 0 aromatic carbocycles. The number of hydrogen-bond acceptors (Lipinski definition) is 3. The summed E-state index contributed by atoms with van der Waals surface area (Å²) in [5.41, 5.74) is 0. The molecule has 0 radical (unpaired) electrons. The fourth-order valence-corrected chi connectivity index (χ4v) is 0.203. The van der Waals surface area contributed by atoms with Crippen LogP contribution in [-0.4, -0.2) is 20.8 Å². The molecule has 0 aliphatic rings. The molecule has 0 spiro atoms. The van der Waals surface area contributed by atoms with Gasteiger partial charge in [0.1, 0.15) is 0 Å². The Morgan fingerprint density at radius 1 is 1.38 bits per heavy atom. The normalized spacial score (nSPS) is 18.0. The number of rotatable bonds is 3. The molecule has 5 nitrogen and oxygen atoms in total. The zero-order chi connectivity index (χ0) is 6.57. The SMILES string of the molecule is C[NH+]([O-])CO[NH+](C)[O-]. The first-order chi connectivity index (χ1) is 3.63. The van der Waals surface area contributed by atoms with E-state index in [1.807, 2.05) is 0 Å². The Morgan fingerprint density at radius 3 is 2.00 bits per heavy atom.